The van der Waals surface area contributed by atoms with Crippen molar-refractivity contribution in [3.05, 3.63) is 33.8 Å². The molecular formula is C12H14Cl3NO. The number of alkyl halides is 1. The van der Waals surface area contributed by atoms with Crippen molar-refractivity contribution < 1.29 is 4.79 Å². The van der Waals surface area contributed by atoms with E-state index in [1.54, 1.807) is 18.2 Å². The van der Waals surface area contributed by atoms with Gasteiger partial charge in [0, 0.05) is 17.5 Å². The van der Waals surface area contributed by atoms with E-state index in [2.05, 4.69) is 5.32 Å². The molecule has 0 saturated heterocycles. The molecule has 0 heterocycles. The van der Waals surface area contributed by atoms with Crippen molar-refractivity contribution in [3.8, 4) is 0 Å². The van der Waals surface area contributed by atoms with Crippen LogP contribution in [0.2, 0.25) is 10.0 Å². The lowest BCUT2D eigenvalue weighted by Crippen LogP contribution is -2.34. The van der Waals surface area contributed by atoms with Gasteiger partial charge in [-0.05, 0) is 31.0 Å². The van der Waals surface area contributed by atoms with E-state index in [4.69, 9.17) is 34.8 Å². The van der Waals surface area contributed by atoms with Gasteiger partial charge in [-0.25, -0.2) is 0 Å². The molecule has 1 unspecified atom stereocenters. The molecule has 1 aromatic carbocycles. The van der Waals surface area contributed by atoms with Crippen LogP contribution in [0.1, 0.15) is 30.1 Å². The van der Waals surface area contributed by atoms with Gasteiger partial charge in [-0.3, -0.25) is 4.79 Å². The fraction of sp³-hybridized carbons (Fsp3) is 0.417. The molecule has 1 aromatic rings. The smallest absolute Gasteiger partial charge is 0.251 e. The average molecular weight is 295 g/mol. The molecule has 2 nitrogen and oxygen atoms in total. The fourth-order valence-corrected chi connectivity index (χ4v) is 1.98. The van der Waals surface area contributed by atoms with Crippen molar-refractivity contribution in [1.29, 1.82) is 0 Å². The van der Waals surface area contributed by atoms with Crippen molar-refractivity contribution in [3.63, 3.8) is 0 Å². The summed E-state index contributed by atoms with van der Waals surface area (Å²) in [5.41, 5.74) is 0.507. The minimum atomic E-state index is -0.152. The molecule has 0 saturated carbocycles. The molecule has 5 heteroatoms. The number of halogens is 3. The van der Waals surface area contributed by atoms with E-state index >= 15 is 0 Å². The quantitative estimate of drug-likeness (QED) is 0.813. The molecule has 0 fully saturated rings. The Morgan fingerprint density at radius 1 is 1.35 bits per heavy atom. The molecule has 17 heavy (non-hydrogen) atoms. The third-order valence-electron chi connectivity index (χ3n) is 2.47. The van der Waals surface area contributed by atoms with Gasteiger partial charge in [-0.15, -0.1) is 11.6 Å². The summed E-state index contributed by atoms with van der Waals surface area (Å²) in [6.07, 6.45) is 1.60. The Hall–Kier alpha value is -0.440. The molecule has 0 bridgehead atoms. The highest BCUT2D eigenvalue weighted by Crippen LogP contribution is 2.22. The second-order valence-corrected chi connectivity index (χ2v) is 4.88. The number of carbonyl (C=O) groups is 1. The number of nitrogens with one attached hydrogen (secondary N) is 1. The first kappa shape index (κ1) is 14.6. The van der Waals surface area contributed by atoms with E-state index in [1.807, 2.05) is 6.92 Å². The predicted molar refractivity (Wildman–Crippen MR) is 73.3 cm³/mol. The Kier molecular flexibility index (Phi) is 6.10. The van der Waals surface area contributed by atoms with E-state index in [9.17, 15) is 4.79 Å². The summed E-state index contributed by atoms with van der Waals surface area (Å²) in [7, 11) is 0. The molecule has 0 aromatic heterocycles. The van der Waals surface area contributed by atoms with Crippen LogP contribution in [0.3, 0.4) is 0 Å². The number of hydrogen-bond acceptors (Lipinski definition) is 1. The number of carbonyl (C=O) groups excluding carboxylic acids is 1. The molecule has 0 aliphatic rings. The van der Waals surface area contributed by atoms with E-state index in [-0.39, 0.29) is 11.9 Å². The maximum atomic E-state index is 11.9. The lowest BCUT2D eigenvalue weighted by Gasteiger charge is -2.15. The van der Waals surface area contributed by atoms with E-state index in [0.29, 0.717) is 21.5 Å². The third kappa shape index (κ3) is 4.38. The van der Waals surface area contributed by atoms with Crippen molar-refractivity contribution in [2.24, 2.45) is 0 Å². The van der Waals surface area contributed by atoms with Crippen molar-refractivity contribution in [2.45, 2.75) is 25.8 Å². The van der Waals surface area contributed by atoms with Gasteiger partial charge in [0.05, 0.1) is 10.0 Å². The van der Waals surface area contributed by atoms with Crippen LogP contribution < -0.4 is 5.32 Å². The molecular weight excluding hydrogens is 280 g/mol. The van der Waals surface area contributed by atoms with Crippen LogP contribution >= 0.6 is 34.8 Å². The van der Waals surface area contributed by atoms with Crippen LogP contribution in [0, 0.1) is 0 Å². The SMILES string of the molecule is CCC(CCCl)NC(=O)c1ccc(Cl)c(Cl)c1. The zero-order chi connectivity index (χ0) is 12.8. The van der Waals surface area contributed by atoms with Crippen molar-refractivity contribution in [1.82, 2.24) is 5.32 Å². The zero-order valence-electron chi connectivity index (χ0n) is 9.47. The Balaban J connectivity index is 2.72. The Bertz CT molecular complexity index is 395. The minimum Gasteiger partial charge on any atom is -0.349 e. The number of hydrogen-bond donors (Lipinski definition) is 1. The first-order chi connectivity index (χ1) is 8.08. The van der Waals surface area contributed by atoms with Gasteiger partial charge in [-0.1, -0.05) is 30.1 Å². The largest absolute Gasteiger partial charge is 0.349 e. The molecule has 1 amide bonds. The Labute approximate surface area is 116 Å². The van der Waals surface area contributed by atoms with Crippen LogP contribution in [0.25, 0.3) is 0 Å². The maximum Gasteiger partial charge on any atom is 0.251 e. The van der Waals surface area contributed by atoms with Gasteiger partial charge in [0.15, 0.2) is 0 Å². The van der Waals surface area contributed by atoms with Crippen LogP contribution in [0.15, 0.2) is 18.2 Å². The van der Waals surface area contributed by atoms with Crippen LogP contribution in [-0.2, 0) is 0 Å². The summed E-state index contributed by atoms with van der Waals surface area (Å²) >= 11 is 17.3. The molecule has 1 N–H and O–H groups in total. The van der Waals surface area contributed by atoms with Gasteiger partial charge in [0.25, 0.3) is 5.91 Å². The van der Waals surface area contributed by atoms with Crippen LogP contribution in [0.5, 0.6) is 0 Å². The molecule has 94 valence electrons. The monoisotopic (exact) mass is 293 g/mol. The van der Waals surface area contributed by atoms with Crippen molar-refractivity contribution >= 4 is 40.7 Å². The average Bonchev–Trinajstić information content (AvgIpc) is 2.31. The van der Waals surface area contributed by atoms with E-state index < -0.39 is 0 Å². The van der Waals surface area contributed by atoms with Gasteiger partial charge in [-0.2, -0.15) is 0 Å². The zero-order valence-corrected chi connectivity index (χ0v) is 11.7. The highest BCUT2D eigenvalue weighted by atomic mass is 35.5. The first-order valence-electron chi connectivity index (χ1n) is 5.40. The van der Waals surface area contributed by atoms with Gasteiger partial charge in [0.1, 0.15) is 0 Å². The topological polar surface area (TPSA) is 29.1 Å². The third-order valence-corrected chi connectivity index (χ3v) is 3.42. The number of benzene rings is 1. The summed E-state index contributed by atoms with van der Waals surface area (Å²) < 4.78 is 0. The number of rotatable bonds is 5. The summed E-state index contributed by atoms with van der Waals surface area (Å²) in [4.78, 5) is 11.9. The number of amides is 1. The first-order valence-corrected chi connectivity index (χ1v) is 6.69. The molecule has 0 aliphatic heterocycles. The van der Waals surface area contributed by atoms with Crippen LogP contribution in [-0.4, -0.2) is 17.8 Å². The fourth-order valence-electron chi connectivity index (χ4n) is 1.42. The lowest BCUT2D eigenvalue weighted by molar-refractivity contribution is 0.0935. The second-order valence-electron chi connectivity index (χ2n) is 3.69. The summed E-state index contributed by atoms with van der Waals surface area (Å²) in [6, 6.07) is 4.92. The molecule has 0 aliphatic carbocycles. The predicted octanol–water partition coefficient (Wildman–Crippen LogP) is 4.13. The van der Waals surface area contributed by atoms with Gasteiger partial charge >= 0.3 is 0 Å². The van der Waals surface area contributed by atoms with Crippen LogP contribution in [0.4, 0.5) is 0 Å². The molecule has 1 rings (SSSR count). The highest BCUT2D eigenvalue weighted by Gasteiger charge is 2.12. The summed E-state index contributed by atoms with van der Waals surface area (Å²) in [5, 5.41) is 3.73. The summed E-state index contributed by atoms with van der Waals surface area (Å²) in [6.45, 7) is 2.01. The van der Waals surface area contributed by atoms with Crippen molar-refractivity contribution in [2.75, 3.05) is 5.88 Å². The lowest BCUT2D eigenvalue weighted by atomic mass is 10.1. The van der Waals surface area contributed by atoms with E-state index in [1.165, 1.54) is 0 Å². The highest BCUT2D eigenvalue weighted by molar-refractivity contribution is 6.42. The normalized spacial score (nSPS) is 12.2. The molecule has 0 spiro atoms. The van der Waals surface area contributed by atoms with E-state index in [0.717, 1.165) is 12.8 Å². The minimum absolute atomic E-state index is 0.0921. The second kappa shape index (κ2) is 7.10. The van der Waals surface area contributed by atoms with Gasteiger partial charge in [0.2, 0.25) is 0 Å². The Morgan fingerprint density at radius 3 is 2.59 bits per heavy atom. The Morgan fingerprint density at radius 2 is 2.06 bits per heavy atom. The molecule has 0 radical (unpaired) electrons. The maximum absolute atomic E-state index is 11.9. The van der Waals surface area contributed by atoms with Gasteiger partial charge < -0.3 is 5.32 Å². The standard InChI is InChI=1S/C12H14Cl3NO/c1-2-9(5-6-13)16-12(17)8-3-4-10(14)11(15)7-8/h3-4,7,9H,2,5-6H2,1H3,(H,16,17). The molecule has 1 atom stereocenters. The summed E-state index contributed by atoms with van der Waals surface area (Å²) in [5.74, 6) is 0.376.